The molecule has 0 bridgehead atoms. The lowest BCUT2D eigenvalue weighted by molar-refractivity contribution is 0.1000. The molecule has 16 heavy (non-hydrogen) atoms. The first-order valence-corrected chi connectivity index (χ1v) is 5.27. The zero-order valence-corrected chi connectivity index (χ0v) is 9.81. The number of halogens is 1. The Balaban J connectivity index is 2.62. The summed E-state index contributed by atoms with van der Waals surface area (Å²) >= 11 is 3.28. The monoisotopic (exact) mass is 280 g/mol. The quantitative estimate of drug-likeness (QED) is 0.814. The first-order chi connectivity index (χ1) is 7.58. The number of carbonyl (C=O) groups excluding carboxylic acids is 1. The summed E-state index contributed by atoms with van der Waals surface area (Å²) in [5.41, 5.74) is 12.4. The third kappa shape index (κ3) is 1.92. The maximum atomic E-state index is 11.2. The van der Waals surface area contributed by atoms with Crippen molar-refractivity contribution in [2.75, 3.05) is 5.73 Å². The van der Waals surface area contributed by atoms with Gasteiger partial charge in [0.1, 0.15) is 0 Å². The van der Waals surface area contributed by atoms with Gasteiger partial charge in [0, 0.05) is 11.9 Å². The highest BCUT2D eigenvalue weighted by Crippen LogP contribution is 2.19. The number of nitrogen functional groups attached to an aromatic ring is 1. The summed E-state index contributed by atoms with van der Waals surface area (Å²) in [5, 5.41) is 4.08. The predicted octanol–water partition coefficient (Wildman–Crippen LogP) is 1.32. The van der Waals surface area contributed by atoms with Gasteiger partial charge in [0.25, 0.3) is 5.91 Å². The van der Waals surface area contributed by atoms with Gasteiger partial charge in [-0.1, -0.05) is 0 Å². The van der Waals surface area contributed by atoms with E-state index in [0.29, 0.717) is 16.9 Å². The highest BCUT2D eigenvalue weighted by atomic mass is 79.9. The van der Waals surface area contributed by atoms with Crippen molar-refractivity contribution < 1.29 is 4.79 Å². The lowest BCUT2D eigenvalue weighted by Crippen LogP contribution is -2.15. The Morgan fingerprint density at radius 1 is 1.44 bits per heavy atom. The molecule has 0 aliphatic rings. The summed E-state index contributed by atoms with van der Waals surface area (Å²) < 4.78 is 2.35. The minimum Gasteiger partial charge on any atom is -0.399 e. The van der Waals surface area contributed by atoms with E-state index in [-0.39, 0.29) is 0 Å². The first kappa shape index (κ1) is 10.7. The molecule has 0 radical (unpaired) electrons. The second kappa shape index (κ2) is 3.97. The van der Waals surface area contributed by atoms with E-state index < -0.39 is 5.91 Å². The van der Waals surface area contributed by atoms with Crippen LogP contribution in [-0.4, -0.2) is 15.7 Å². The number of nitrogens with zero attached hydrogens (tertiary/aromatic N) is 2. The van der Waals surface area contributed by atoms with Crippen LogP contribution in [0.3, 0.4) is 0 Å². The molecule has 0 atom stereocenters. The number of carbonyl (C=O) groups is 1. The highest BCUT2D eigenvalue weighted by Gasteiger charge is 2.10. The Labute approximate surface area is 100 Å². The molecule has 5 nitrogen and oxygen atoms in total. The molecule has 0 saturated carbocycles. The Bertz CT molecular complexity index is 550. The number of hydrogen-bond donors (Lipinski definition) is 2. The molecule has 0 unspecified atom stereocenters. The molecule has 0 saturated heterocycles. The van der Waals surface area contributed by atoms with Crippen LogP contribution in [0.4, 0.5) is 5.69 Å². The zero-order chi connectivity index (χ0) is 11.7. The average Bonchev–Trinajstić information content (AvgIpc) is 2.64. The molecule has 1 amide bonds. The number of hydrogen-bond acceptors (Lipinski definition) is 3. The van der Waals surface area contributed by atoms with Crippen molar-refractivity contribution in [3.63, 3.8) is 0 Å². The Morgan fingerprint density at radius 3 is 2.75 bits per heavy atom. The van der Waals surface area contributed by atoms with E-state index in [2.05, 4.69) is 21.0 Å². The van der Waals surface area contributed by atoms with E-state index in [9.17, 15) is 4.79 Å². The van der Waals surface area contributed by atoms with E-state index in [1.165, 1.54) is 0 Å². The molecule has 0 aliphatic heterocycles. The summed E-state index contributed by atoms with van der Waals surface area (Å²) in [7, 11) is 0. The van der Waals surface area contributed by atoms with E-state index in [1.54, 1.807) is 35.3 Å². The second-order valence-corrected chi connectivity index (χ2v) is 4.16. The highest BCUT2D eigenvalue weighted by molar-refractivity contribution is 9.10. The fourth-order valence-corrected chi connectivity index (χ4v) is 1.66. The molecule has 0 spiro atoms. The van der Waals surface area contributed by atoms with E-state index >= 15 is 0 Å². The van der Waals surface area contributed by atoms with Crippen molar-refractivity contribution in [3.8, 4) is 5.69 Å². The van der Waals surface area contributed by atoms with Gasteiger partial charge in [0.15, 0.2) is 0 Å². The van der Waals surface area contributed by atoms with Gasteiger partial charge >= 0.3 is 0 Å². The first-order valence-electron chi connectivity index (χ1n) is 4.48. The molecule has 1 aromatic heterocycles. The molecular weight excluding hydrogens is 272 g/mol. The Morgan fingerprint density at radius 2 is 2.19 bits per heavy atom. The summed E-state index contributed by atoms with van der Waals surface area (Å²) in [6, 6.07) is 4.87. The van der Waals surface area contributed by atoms with E-state index in [0.717, 1.165) is 4.47 Å². The van der Waals surface area contributed by atoms with Gasteiger partial charge in [-0.25, -0.2) is 4.68 Å². The van der Waals surface area contributed by atoms with Crippen molar-refractivity contribution in [1.82, 2.24) is 9.78 Å². The maximum absolute atomic E-state index is 11.2. The third-order valence-corrected chi connectivity index (χ3v) is 2.49. The minimum absolute atomic E-state index is 0.379. The average molecular weight is 281 g/mol. The van der Waals surface area contributed by atoms with Crippen LogP contribution in [0.5, 0.6) is 0 Å². The van der Waals surface area contributed by atoms with Gasteiger partial charge in [-0.15, -0.1) is 0 Å². The predicted molar refractivity (Wildman–Crippen MR) is 64.2 cm³/mol. The molecule has 6 heteroatoms. The minimum atomic E-state index is -0.512. The fourth-order valence-electron chi connectivity index (χ4n) is 1.38. The van der Waals surface area contributed by atoms with Crippen LogP contribution in [0, 0.1) is 0 Å². The molecule has 4 N–H and O–H groups in total. The molecule has 82 valence electrons. The Kier molecular flexibility index (Phi) is 2.66. The van der Waals surface area contributed by atoms with E-state index in [1.807, 2.05) is 0 Å². The van der Waals surface area contributed by atoms with Gasteiger partial charge in [-0.3, -0.25) is 4.79 Å². The number of nitrogens with two attached hydrogens (primary N) is 2. The number of anilines is 1. The van der Waals surface area contributed by atoms with Crippen LogP contribution in [0.2, 0.25) is 0 Å². The lowest BCUT2D eigenvalue weighted by Gasteiger charge is -2.07. The molecule has 1 heterocycles. The number of rotatable bonds is 2. The molecule has 2 aromatic rings. The largest absolute Gasteiger partial charge is 0.399 e. The van der Waals surface area contributed by atoms with Crippen LogP contribution in [0.25, 0.3) is 5.69 Å². The number of benzene rings is 1. The zero-order valence-electron chi connectivity index (χ0n) is 8.22. The summed E-state index contributed by atoms with van der Waals surface area (Å²) in [4.78, 5) is 11.2. The number of aromatic nitrogens is 2. The summed E-state index contributed by atoms with van der Waals surface area (Å²) in [5.74, 6) is -0.512. The van der Waals surface area contributed by atoms with Crippen LogP contribution in [0.1, 0.15) is 10.4 Å². The van der Waals surface area contributed by atoms with Crippen molar-refractivity contribution >= 4 is 27.5 Å². The Hall–Kier alpha value is -1.82. The number of primary amides is 1. The summed E-state index contributed by atoms with van der Waals surface area (Å²) in [6.45, 7) is 0. The molecule has 2 rings (SSSR count). The molecule has 1 aromatic carbocycles. The number of amides is 1. The van der Waals surface area contributed by atoms with Crippen LogP contribution >= 0.6 is 15.9 Å². The van der Waals surface area contributed by atoms with Gasteiger partial charge in [0.05, 0.1) is 21.9 Å². The summed E-state index contributed by atoms with van der Waals surface area (Å²) in [6.07, 6.45) is 3.34. The van der Waals surface area contributed by atoms with Crippen LogP contribution in [-0.2, 0) is 0 Å². The van der Waals surface area contributed by atoms with Crippen molar-refractivity contribution in [1.29, 1.82) is 0 Å². The topological polar surface area (TPSA) is 86.9 Å². The van der Waals surface area contributed by atoms with E-state index in [4.69, 9.17) is 11.5 Å². The smallest absolute Gasteiger partial charge is 0.250 e. The molecule has 0 fully saturated rings. The lowest BCUT2D eigenvalue weighted by atomic mass is 10.1. The molecular formula is C10H9BrN4O. The van der Waals surface area contributed by atoms with Gasteiger partial charge in [-0.2, -0.15) is 5.10 Å². The normalized spacial score (nSPS) is 10.3. The molecule has 0 aliphatic carbocycles. The van der Waals surface area contributed by atoms with Crippen LogP contribution in [0.15, 0.2) is 35.1 Å². The third-order valence-electron chi connectivity index (χ3n) is 2.09. The van der Waals surface area contributed by atoms with Crippen molar-refractivity contribution in [3.05, 3.63) is 40.6 Å². The van der Waals surface area contributed by atoms with Gasteiger partial charge in [-0.05, 0) is 34.1 Å². The van der Waals surface area contributed by atoms with Gasteiger partial charge < -0.3 is 11.5 Å². The van der Waals surface area contributed by atoms with Crippen molar-refractivity contribution in [2.24, 2.45) is 5.73 Å². The van der Waals surface area contributed by atoms with Gasteiger partial charge in [0.2, 0.25) is 0 Å². The van der Waals surface area contributed by atoms with Crippen molar-refractivity contribution in [2.45, 2.75) is 0 Å². The standard InChI is InChI=1S/C10H9BrN4O/c11-6-4-14-15(5-6)9-3-7(12)1-2-8(9)10(13)16/h1-5H,12H2,(H2,13,16). The maximum Gasteiger partial charge on any atom is 0.250 e. The second-order valence-electron chi connectivity index (χ2n) is 3.24. The SMILES string of the molecule is NC(=O)c1ccc(N)cc1-n1cc(Br)cn1. The van der Waals surface area contributed by atoms with Crippen LogP contribution < -0.4 is 11.5 Å². The fraction of sp³-hybridized carbons (Fsp3) is 0.